The monoisotopic (exact) mass is 287 g/mol. The second-order valence-electron chi connectivity index (χ2n) is 5.87. The van der Waals surface area contributed by atoms with Crippen LogP contribution in [0.4, 0.5) is 10.1 Å². The van der Waals surface area contributed by atoms with E-state index in [9.17, 15) is 9.50 Å². The van der Waals surface area contributed by atoms with Crippen molar-refractivity contribution in [3.8, 4) is 5.75 Å². The highest BCUT2D eigenvalue weighted by Crippen LogP contribution is 2.24. The number of phenols is 1. The molecule has 2 N–H and O–H groups in total. The van der Waals surface area contributed by atoms with Crippen LogP contribution in [0.1, 0.15) is 37.9 Å². The Hall–Kier alpha value is -2.03. The Morgan fingerprint density at radius 1 is 1.05 bits per heavy atom. The molecule has 0 bridgehead atoms. The van der Waals surface area contributed by atoms with E-state index in [1.165, 1.54) is 17.7 Å². The zero-order valence-corrected chi connectivity index (χ0v) is 12.7. The molecule has 2 rings (SSSR count). The van der Waals surface area contributed by atoms with Gasteiger partial charge in [0.1, 0.15) is 0 Å². The van der Waals surface area contributed by atoms with Crippen molar-refractivity contribution in [2.75, 3.05) is 5.32 Å². The maximum absolute atomic E-state index is 13.3. The van der Waals surface area contributed by atoms with E-state index >= 15 is 0 Å². The number of anilines is 1. The van der Waals surface area contributed by atoms with Crippen molar-refractivity contribution < 1.29 is 9.50 Å². The maximum atomic E-state index is 13.3. The summed E-state index contributed by atoms with van der Waals surface area (Å²) in [6.45, 7) is 6.44. The van der Waals surface area contributed by atoms with Gasteiger partial charge < -0.3 is 10.4 Å². The third kappa shape index (κ3) is 4.22. The molecular weight excluding hydrogens is 265 g/mol. The van der Waals surface area contributed by atoms with Crippen LogP contribution >= 0.6 is 0 Å². The lowest BCUT2D eigenvalue weighted by Crippen LogP contribution is -2.07. The fourth-order valence-electron chi connectivity index (χ4n) is 2.34. The number of benzene rings is 2. The van der Waals surface area contributed by atoms with Gasteiger partial charge in [-0.05, 0) is 42.5 Å². The molecule has 1 atom stereocenters. The SMILES string of the molecule is CC(C)Cc1ccc(C(C)Nc2ccc(O)c(F)c2)cc1. The van der Waals surface area contributed by atoms with Gasteiger partial charge >= 0.3 is 0 Å². The molecule has 2 nitrogen and oxygen atoms in total. The molecule has 0 fully saturated rings. The standard InChI is InChI=1S/C18H22FNO/c1-12(2)10-14-4-6-15(7-5-14)13(3)20-16-8-9-18(21)17(19)11-16/h4-9,11-13,20-21H,10H2,1-3H3. The van der Waals surface area contributed by atoms with Crippen LogP contribution < -0.4 is 5.32 Å². The maximum Gasteiger partial charge on any atom is 0.166 e. The van der Waals surface area contributed by atoms with E-state index < -0.39 is 5.82 Å². The average Bonchev–Trinajstić information content (AvgIpc) is 2.43. The summed E-state index contributed by atoms with van der Waals surface area (Å²) in [5, 5.41) is 12.4. The van der Waals surface area contributed by atoms with Gasteiger partial charge in [-0.15, -0.1) is 0 Å². The molecule has 0 aliphatic rings. The van der Waals surface area contributed by atoms with Crippen LogP contribution in [-0.2, 0) is 6.42 Å². The minimum Gasteiger partial charge on any atom is -0.505 e. The zero-order chi connectivity index (χ0) is 15.4. The second kappa shape index (κ2) is 6.61. The number of hydrogen-bond donors (Lipinski definition) is 2. The van der Waals surface area contributed by atoms with E-state index in [0.29, 0.717) is 11.6 Å². The van der Waals surface area contributed by atoms with E-state index in [4.69, 9.17) is 0 Å². The molecule has 0 spiro atoms. The van der Waals surface area contributed by atoms with Gasteiger partial charge in [0.2, 0.25) is 0 Å². The third-order valence-corrected chi connectivity index (χ3v) is 3.45. The minimum absolute atomic E-state index is 0.0713. The summed E-state index contributed by atoms with van der Waals surface area (Å²) in [5.41, 5.74) is 3.14. The van der Waals surface area contributed by atoms with Crippen molar-refractivity contribution in [3.63, 3.8) is 0 Å². The second-order valence-corrected chi connectivity index (χ2v) is 5.87. The molecule has 112 valence electrons. The van der Waals surface area contributed by atoms with Crippen LogP contribution in [0, 0.1) is 11.7 Å². The van der Waals surface area contributed by atoms with E-state index in [0.717, 1.165) is 12.0 Å². The smallest absolute Gasteiger partial charge is 0.166 e. The Morgan fingerprint density at radius 3 is 2.29 bits per heavy atom. The third-order valence-electron chi connectivity index (χ3n) is 3.45. The van der Waals surface area contributed by atoms with Gasteiger partial charge in [-0.3, -0.25) is 0 Å². The highest BCUT2D eigenvalue weighted by molar-refractivity contribution is 5.48. The molecule has 1 unspecified atom stereocenters. The lowest BCUT2D eigenvalue weighted by atomic mass is 10.00. The van der Waals surface area contributed by atoms with E-state index in [2.05, 4.69) is 43.4 Å². The number of nitrogens with one attached hydrogen (secondary N) is 1. The Labute approximate surface area is 125 Å². The first-order valence-electron chi connectivity index (χ1n) is 7.29. The topological polar surface area (TPSA) is 32.3 Å². The first-order valence-corrected chi connectivity index (χ1v) is 7.29. The van der Waals surface area contributed by atoms with Crippen LogP contribution in [0.2, 0.25) is 0 Å². The van der Waals surface area contributed by atoms with Crippen molar-refractivity contribution in [1.82, 2.24) is 0 Å². The quantitative estimate of drug-likeness (QED) is 0.766. The number of halogens is 1. The number of aromatic hydroxyl groups is 1. The molecule has 2 aromatic carbocycles. The fraction of sp³-hybridized carbons (Fsp3) is 0.333. The minimum atomic E-state index is -0.612. The number of phenolic OH excluding ortho intramolecular Hbond substituents is 1. The van der Waals surface area contributed by atoms with Crippen LogP contribution in [0.3, 0.4) is 0 Å². The molecule has 0 aromatic heterocycles. The predicted octanol–water partition coefficient (Wildman–Crippen LogP) is 4.90. The Balaban J connectivity index is 2.05. The van der Waals surface area contributed by atoms with Gasteiger partial charge in [-0.2, -0.15) is 0 Å². The number of rotatable bonds is 5. The van der Waals surface area contributed by atoms with Crippen molar-refractivity contribution >= 4 is 5.69 Å². The van der Waals surface area contributed by atoms with Crippen molar-refractivity contribution in [2.45, 2.75) is 33.2 Å². The molecule has 21 heavy (non-hydrogen) atoms. The average molecular weight is 287 g/mol. The van der Waals surface area contributed by atoms with Gasteiger partial charge in [0, 0.05) is 17.8 Å². The van der Waals surface area contributed by atoms with E-state index in [1.54, 1.807) is 6.07 Å². The van der Waals surface area contributed by atoms with Crippen LogP contribution in [-0.4, -0.2) is 5.11 Å². The van der Waals surface area contributed by atoms with Gasteiger partial charge in [-0.1, -0.05) is 38.1 Å². The van der Waals surface area contributed by atoms with Crippen molar-refractivity contribution in [1.29, 1.82) is 0 Å². The summed E-state index contributed by atoms with van der Waals surface area (Å²) in [6, 6.07) is 12.9. The summed E-state index contributed by atoms with van der Waals surface area (Å²) >= 11 is 0. The number of hydrogen-bond acceptors (Lipinski definition) is 2. The summed E-state index contributed by atoms with van der Waals surface area (Å²) in [6.07, 6.45) is 1.07. The lowest BCUT2D eigenvalue weighted by Gasteiger charge is -2.16. The highest BCUT2D eigenvalue weighted by atomic mass is 19.1. The Bertz CT molecular complexity index is 593. The van der Waals surface area contributed by atoms with Gasteiger partial charge in [0.15, 0.2) is 11.6 Å². The molecule has 2 aromatic rings. The molecule has 0 aliphatic carbocycles. The summed E-state index contributed by atoms with van der Waals surface area (Å²) in [5.74, 6) is -0.294. The molecule has 3 heteroatoms. The van der Waals surface area contributed by atoms with E-state index in [1.807, 2.05) is 6.92 Å². The summed E-state index contributed by atoms with van der Waals surface area (Å²) in [7, 11) is 0. The Kier molecular flexibility index (Phi) is 4.84. The first-order chi connectivity index (χ1) is 9.95. The van der Waals surface area contributed by atoms with E-state index in [-0.39, 0.29) is 11.8 Å². The molecule has 0 radical (unpaired) electrons. The van der Waals surface area contributed by atoms with Gasteiger partial charge in [0.05, 0.1) is 0 Å². The lowest BCUT2D eigenvalue weighted by molar-refractivity contribution is 0.432. The fourth-order valence-corrected chi connectivity index (χ4v) is 2.34. The van der Waals surface area contributed by atoms with Crippen molar-refractivity contribution in [3.05, 3.63) is 59.4 Å². The molecule has 0 heterocycles. The molecule has 0 saturated heterocycles. The first kappa shape index (κ1) is 15.4. The molecular formula is C18H22FNO. The molecule has 0 saturated carbocycles. The molecule has 0 aliphatic heterocycles. The zero-order valence-electron chi connectivity index (χ0n) is 12.7. The summed E-state index contributed by atoms with van der Waals surface area (Å²) < 4.78 is 13.3. The van der Waals surface area contributed by atoms with Crippen LogP contribution in [0.15, 0.2) is 42.5 Å². The highest BCUT2D eigenvalue weighted by Gasteiger charge is 2.08. The summed E-state index contributed by atoms with van der Waals surface area (Å²) in [4.78, 5) is 0. The molecule has 0 amide bonds. The van der Waals surface area contributed by atoms with Crippen LogP contribution in [0.5, 0.6) is 5.75 Å². The predicted molar refractivity (Wildman–Crippen MR) is 85.1 cm³/mol. The van der Waals surface area contributed by atoms with Crippen molar-refractivity contribution in [2.24, 2.45) is 5.92 Å². The largest absolute Gasteiger partial charge is 0.505 e. The Morgan fingerprint density at radius 2 is 1.71 bits per heavy atom. The van der Waals surface area contributed by atoms with Crippen LogP contribution in [0.25, 0.3) is 0 Å². The van der Waals surface area contributed by atoms with Gasteiger partial charge in [-0.25, -0.2) is 4.39 Å². The normalized spacial score (nSPS) is 12.4. The van der Waals surface area contributed by atoms with Gasteiger partial charge in [0.25, 0.3) is 0 Å².